The van der Waals surface area contributed by atoms with Crippen molar-refractivity contribution in [1.29, 1.82) is 0 Å². The van der Waals surface area contributed by atoms with Crippen molar-refractivity contribution in [3.8, 4) is 5.75 Å². The molecule has 0 aliphatic carbocycles. The summed E-state index contributed by atoms with van der Waals surface area (Å²) in [5.74, 6) is 0.636. The third-order valence-electron chi connectivity index (χ3n) is 4.96. The number of rotatable bonds is 8. The Hall–Kier alpha value is -2.97. The molecule has 8 heteroatoms. The highest BCUT2D eigenvalue weighted by Crippen LogP contribution is 2.27. The first-order valence-corrected chi connectivity index (χ1v) is 9.69. The van der Waals surface area contributed by atoms with Gasteiger partial charge in [0.2, 0.25) is 5.91 Å². The molecule has 2 aromatic rings. The molecule has 1 amide bonds. The highest BCUT2D eigenvalue weighted by Gasteiger charge is 2.21. The number of hydrogen-bond acceptors (Lipinski definition) is 6. The van der Waals surface area contributed by atoms with Gasteiger partial charge < -0.3 is 10.1 Å². The van der Waals surface area contributed by atoms with Crippen LogP contribution in [-0.2, 0) is 4.79 Å². The van der Waals surface area contributed by atoms with Gasteiger partial charge in [-0.3, -0.25) is 24.7 Å². The van der Waals surface area contributed by atoms with Gasteiger partial charge in [0.15, 0.2) is 0 Å². The fourth-order valence-corrected chi connectivity index (χ4v) is 3.33. The summed E-state index contributed by atoms with van der Waals surface area (Å²) in [5.41, 5.74) is 0.872. The van der Waals surface area contributed by atoms with Gasteiger partial charge in [-0.1, -0.05) is 30.3 Å². The van der Waals surface area contributed by atoms with Crippen LogP contribution in [-0.4, -0.2) is 66.5 Å². The van der Waals surface area contributed by atoms with Crippen LogP contribution in [0, 0.1) is 17.0 Å². The number of carbonyl (C=O) groups excluding carboxylic acids is 1. The van der Waals surface area contributed by atoms with Gasteiger partial charge in [-0.2, -0.15) is 0 Å². The number of hydrogen-bond donors (Lipinski definition) is 1. The molecular weight excluding hydrogens is 372 g/mol. The highest BCUT2D eigenvalue weighted by atomic mass is 16.6. The maximum atomic E-state index is 12.4. The average Bonchev–Trinajstić information content (AvgIpc) is 2.71. The molecule has 2 aromatic carbocycles. The first kappa shape index (κ1) is 20.8. The number of benzene rings is 2. The van der Waals surface area contributed by atoms with Gasteiger partial charge in [-0.25, -0.2) is 0 Å². The Bertz CT molecular complexity index is 836. The quantitative estimate of drug-likeness (QED) is 0.543. The fraction of sp³-hybridized carbons (Fsp3) is 0.381. The molecular formula is C21H26N4O4. The van der Waals surface area contributed by atoms with Crippen molar-refractivity contribution < 1.29 is 14.5 Å². The summed E-state index contributed by atoms with van der Waals surface area (Å²) < 4.78 is 5.73. The summed E-state index contributed by atoms with van der Waals surface area (Å²) in [7, 11) is 0. The van der Waals surface area contributed by atoms with E-state index in [1.54, 1.807) is 19.1 Å². The zero-order valence-corrected chi connectivity index (χ0v) is 16.5. The van der Waals surface area contributed by atoms with Crippen LogP contribution in [0.15, 0.2) is 48.5 Å². The summed E-state index contributed by atoms with van der Waals surface area (Å²) in [4.78, 5) is 27.5. The molecule has 0 radical (unpaired) electrons. The molecule has 1 N–H and O–H groups in total. The average molecular weight is 398 g/mol. The predicted octanol–water partition coefficient (Wildman–Crippen LogP) is 2.54. The van der Waals surface area contributed by atoms with Crippen LogP contribution in [0.5, 0.6) is 5.75 Å². The first-order valence-electron chi connectivity index (χ1n) is 9.69. The number of para-hydroxylation sites is 2. The van der Waals surface area contributed by atoms with Crippen molar-refractivity contribution in [2.45, 2.75) is 6.92 Å². The van der Waals surface area contributed by atoms with Crippen LogP contribution in [0.3, 0.4) is 0 Å². The largest absolute Gasteiger partial charge is 0.492 e. The minimum atomic E-state index is -0.473. The van der Waals surface area contributed by atoms with Gasteiger partial charge in [-0.05, 0) is 24.6 Å². The lowest BCUT2D eigenvalue weighted by Gasteiger charge is -2.34. The molecule has 1 fully saturated rings. The van der Waals surface area contributed by atoms with Crippen LogP contribution in [0.4, 0.5) is 11.4 Å². The van der Waals surface area contributed by atoms with E-state index < -0.39 is 4.92 Å². The Morgan fingerprint density at radius 1 is 1.07 bits per heavy atom. The molecule has 8 nitrogen and oxygen atoms in total. The molecule has 1 saturated heterocycles. The van der Waals surface area contributed by atoms with Gasteiger partial charge >= 0.3 is 0 Å². The molecule has 0 aromatic heterocycles. The first-order chi connectivity index (χ1) is 14.0. The minimum Gasteiger partial charge on any atom is -0.492 e. The van der Waals surface area contributed by atoms with Crippen LogP contribution >= 0.6 is 0 Å². The molecule has 1 aliphatic heterocycles. The van der Waals surface area contributed by atoms with Gasteiger partial charge in [0.1, 0.15) is 18.0 Å². The van der Waals surface area contributed by atoms with Crippen molar-refractivity contribution in [1.82, 2.24) is 9.80 Å². The molecule has 0 unspecified atom stereocenters. The molecule has 1 heterocycles. The topological polar surface area (TPSA) is 88.0 Å². The van der Waals surface area contributed by atoms with Crippen molar-refractivity contribution in [3.63, 3.8) is 0 Å². The van der Waals surface area contributed by atoms with Crippen LogP contribution in [0.2, 0.25) is 0 Å². The number of ether oxygens (including phenoxy) is 1. The fourth-order valence-electron chi connectivity index (χ4n) is 3.33. The number of amides is 1. The Kier molecular flexibility index (Phi) is 7.15. The summed E-state index contributed by atoms with van der Waals surface area (Å²) in [6, 6.07) is 14.5. The number of nitrogens with one attached hydrogen (secondary N) is 1. The van der Waals surface area contributed by atoms with Gasteiger partial charge in [0, 0.05) is 38.8 Å². The van der Waals surface area contributed by atoms with E-state index >= 15 is 0 Å². The minimum absolute atomic E-state index is 0.0819. The number of anilines is 1. The Labute approximate surface area is 170 Å². The van der Waals surface area contributed by atoms with Crippen molar-refractivity contribution >= 4 is 17.3 Å². The summed E-state index contributed by atoms with van der Waals surface area (Å²) in [6.45, 7) is 6.69. The van der Waals surface area contributed by atoms with Gasteiger partial charge in [0.05, 0.1) is 11.5 Å². The maximum Gasteiger partial charge on any atom is 0.293 e. The second-order valence-electron chi connectivity index (χ2n) is 7.05. The number of aryl methyl sites for hydroxylation is 1. The maximum absolute atomic E-state index is 12.4. The van der Waals surface area contributed by atoms with E-state index in [1.807, 2.05) is 30.3 Å². The molecule has 154 valence electrons. The number of nitro groups is 1. The third kappa shape index (κ3) is 6.00. The van der Waals surface area contributed by atoms with E-state index in [0.717, 1.165) is 38.5 Å². The zero-order chi connectivity index (χ0) is 20.6. The third-order valence-corrected chi connectivity index (χ3v) is 4.96. The number of nitrogens with zero attached hydrogens (tertiary/aromatic N) is 3. The van der Waals surface area contributed by atoms with E-state index in [4.69, 9.17) is 4.74 Å². The SMILES string of the molecule is Cc1cccc([N+](=O)[O-])c1NC(=O)CN1CCN(CCOc2ccccc2)CC1. The summed E-state index contributed by atoms with van der Waals surface area (Å²) in [6.07, 6.45) is 0. The molecule has 29 heavy (non-hydrogen) atoms. The molecule has 1 aliphatic rings. The number of carbonyl (C=O) groups is 1. The standard InChI is InChI=1S/C21H26N4O4/c1-17-6-5-9-19(25(27)28)21(17)22-20(26)16-24-12-10-23(11-13-24)14-15-29-18-7-3-2-4-8-18/h2-9H,10-16H2,1H3,(H,22,26). The Morgan fingerprint density at radius 3 is 2.45 bits per heavy atom. The van der Waals surface area contributed by atoms with E-state index in [9.17, 15) is 14.9 Å². The summed E-state index contributed by atoms with van der Waals surface area (Å²) >= 11 is 0. The normalized spacial score (nSPS) is 15.1. The molecule has 0 saturated carbocycles. The van der Waals surface area contributed by atoms with Gasteiger partial charge in [-0.15, -0.1) is 0 Å². The molecule has 0 bridgehead atoms. The summed E-state index contributed by atoms with van der Waals surface area (Å²) in [5, 5.41) is 13.9. The monoisotopic (exact) mass is 398 g/mol. The van der Waals surface area contributed by atoms with Crippen LogP contribution < -0.4 is 10.1 Å². The lowest BCUT2D eigenvalue weighted by atomic mass is 10.1. The van der Waals surface area contributed by atoms with E-state index in [2.05, 4.69) is 15.1 Å². The van der Waals surface area contributed by atoms with Crippen molar-refractivity contribution in [3.05, 3.63) is 64.2 Å². The number of piperazine rings is 1. The van der Waals surface area contributed by atoms with E-state index in [1.165, 1.54) is 6.07 Å². The van der Waals surface area contributed by atoms with Crippen molar-refractivity contribution in [2.24, 2.45) is 0 Å². The predicted molar refractivity (Wildman–Crippen MR) is 111 cm³/mol. The van der Waals surface area contributed by atoms with Crippen LogP contribution in [0.25, 0.3) is 0 Å². The van der Waals surface area contributed by atoms with E-state index in [-0.39, 0.29) is 23.8 Å². The smallest absolute Gasteiger partial charge is 0.293 e. The van der Waals surface area contributed by atoms with E-state index in [0.29, 0.717) is 12.2 Å². The molecule has 0 spiro atoms. The highest BCUT2D eigenvalue weighted by molar-refractivity contribution is 5.95. The molecule has 3 rings (SSSR count). The van der Waals surface area contributed by atoms with Crippen molar-refractivity contribution in [2.75, 3.05) is 51.2 Å². The Balaban J connectivity index is 1.41. The lowest BCUT2D eigenvalue weighted by molar-refractivity contribution is -0.384. The molecule has 0 atom stereocenters. The second kappa shape index (κ2) is 9.99. The van der Waals surface area contributed by atoms with Crippen LogP contribution in [0.1, 0.15) is 5.56 Å². The number of nitro benzene ring substituents is 1. The second-order valence-corrected chi connectivity index (χ2v) is 7.05. The van der Waals surface area contributed by atoms with Gasteiger partial charge in [0.25, 0.3) is 5.69 Å². The lowest BCUT2D eigenvalue weighted by Crippen LogP contribution is -2.49. The zero-order valence-electron chi connectivity index (χ0n) is 16.5. The Morgan fingerprint density at radius 2 is 1.76 bits per heavy atom.